The number of fused-ring (bicyclic) bond motifs is 1. The van der Waals surface area contributed by atoms with Crippen molar-refractivity contribution >= 4 is 45.8 Å². The molecule has 0 aliphatic carbocycles. The molecule has 1 aromatic heterocycles. The van der Waals surface area contributed by atoms with Crippen LogP contribution in [0, 0.1) is 0 Å². The summed E-state index contributed by atoms with van der Waals surface area (Å²) in [4.78, 5) is 4.48. The number of thiazole rings is 1. The van der Waals surface area contributed by atoms with Crippen molar-refractivity contribution in [2.45, 2.75) is 38.9 Å². The Morgan fingerprint density at radius 3 is 2.57 bits per heavy atom. The first kappa shape index (κ1) is 16.9. The van der Waals surface area contributed by atoms with E-state index in [4.69, 9.17) is 9.16 Å². The van der Waals surface area contributed by atoms with Crippen molar-refractivity contribution in [2.24, 2.45) is 0 Å². The first-order chi connectivity index (χ1) is 9.71. The number of aromatic nitrogens is 1. The van der Waals surface area contributed by atoms with Crippen molar-refractivity contribution in [3.8, 4) is 5.19 Å². The van der Waals surface area contributed by atoms with Crippen LogP contribution in [0.25, 0.3) is 10.2 Å². The minimum Gasteiger partial charge on any atom is -0.468 e. The number of halogens is 1. The second kappa shape index (κ2) is 6.36. The number of hydrogen-bond donors (Lipinski definition) is 0. The van der Waals surface area contributed by atoms with Crippen molar-refractivity contribution < 1.29 is 9.16 Å². The molecule has 3 nitrogen and oxygen atoms in total. The van der Waals surface area contributed by atoms with E-state index in [9.17, 15) is 0 Å². The van der Waals surface area contributed by atoms with Crippen LogP contribution in [0.5, 0.6) is 5.19 Å². The zero-order chi connectivity index (χ0) is 15.7. The molecule has 0 saturated heterocycles. The Morgan fingerprint density at radius 1 is 1.24 bits per heavy atom. The molecule has 0 amide bonds. The molecule has 0 unspecified atom stereocenters. The summed E-state index contributed by atoms with van der Waals surface area (Å²) in [6, 6.07) is 6.00. The molecule has 0 saturated carbocycles. The van der Waals surface area contributed by atoms with Crippen molar-refractivity contribution in [3.05, 3.63) is 22.7 Å². The summed E-state index contributed by atoms with van der Waals surface area (Å²) in [7, 11) is -1.69. The van der Waals surface area contributed by atoms with Crippen molar-refractivity contribution in [1.82, 2.24) is 4.98 Å². The molecule has 0 aliphatic rings. The van der Waals surface area contributed by atoms with E-state index < -0.39 is 8.32 Å². The average Bonchev–Trinajstić information content (AvgIpc) is 2.78. The third-order valence-electron chi connectivity index (χ3n) is 3.93. The monoisotopic (exact) mass is 387 g/mol. The van der Waals surface area contributed by atoms with Crippen LogP contribution >= 0.6 is 27.3 Å². The maximum atomic E-state index is 6.09. The molecular weight excluding hydrogens is 366 g/mol. The Hall–Kier alpha value is -0.433. The van der Waals surface area contributed by atoms with Gasteiger partial charge in [-0.05, 0) is 46.2 Å². The molecule has 1 heterocycles. The normalized spacial score (nSPS) is 12.9. The first-order valence-corrected chi connectivity index (χ1v) is 11.5. The van der Waals surface area contributed by atoms with Gasteiger partial charge in [0.05, 0.1) is 16.8 Å². The van der Waals surface area contributed by atoms with Crippen LogP contribution in [0.4, 0.5) is 0 Å². The molecule has 0 atom stereocenters. The molecular formula is C15H22BrNO2SSi. The Morgan fingerprint density at radius 2 is 1.95 bits per heavy atom. The lowest BCUT2D eigenvalue weighted by atomic mass is 10.2. The Bertz CT molecular complexity index is 622. The van der Waals surface area contributed by atoms with Crippen LogP contribution in [0.1, 0.15) is 20.8 Å². The molecule has 116 valence electrons. The summed E-state index contributed by atoms with van der Waals surface area (Å²) in [5, 5.41) is 0.934. The Kier molecular flexibility index (Phi) is 5.13. The topological polar surface area (TPSA) is 31.4 Å². The summed E-state index contributed by atoms with van der Waals surface area (Å²) >= 11 is 5.10. The van der Waals surface area contributed by atoms with E-state index in [2.05, 4.69) is 54.8 Å². The fraction of sp³-hybridized carbons (Fsp3) is 0.533. The van der Waals surface area contributed by atoms with E-state index in [1.807, 2.05) is 18.2 Å². The van der Waals surface area contributed by atoms with Gasteiger partial charge in [-0.3, -0.25) is 0 Å². The molecule has 6 heteroatoms. The van der Waals surface area contributed by atoms with Gasteiger partial charge in [-0.2, -0.15) is 0 Å². The fourth-order valence-electron chi connectivity index (χ4n) is 1.60. The van der Waals surface area contributed by atoms with Crippen LogP contribution in [0.15, 0.2) is 22.7 Å². The summed E-state index contributed by atoms with van der Waals surface area (Å²) in [6.07, 6.45) is 0. The van der Waals surface area contributed by atoms with E-state index in [0.717, 1.165) is 14.7 Å². The number of benzene rings is 1. The molecule has 0 bridgehead atoms. The van der Waals surface area contributed by atoms with Crippen LogP contribution in [-0.4, -0.2) is 26.5 Å². The summed E-state index contributed by atoms with van der Waals surface area (Å²) in [6.45, 7) is 12.4. The molecule has 0 fully saturated rings. The lowest BCUT2D eigenvalue weighted by Crippen LogP contribution is -2.41. The molecule has 1 aromatic carbocycles. The SMILES string of the molecule is CC(C)(C)[Si](C)(C)OCCOc1nc2cccc(Br)c2s1. The number of hydrogen-bond acceptors (Lipinski definition) is 4. The van der Waals surface area contributed by atoms with E-state index >= 15 is 0 Å². The quantitative estimate of drug-likeness (QED) is 0.504. The van der Waals surface area contributed by atoms with Gasteiger partial charge >= 0.3 is 0 Å². The third kappa shape index (κ3) is 4.06. The highest BCUT2D eigenvalue weighted by Gasteiger charge is 2.36. The van der Waals surface area contributed by atoms with E-state index in [1.54, 1.807) is 11.3 Å². The molecule has 21 heavy (non-hydrogen) atoms. The van der Waals surface area contributed by atoms with Gasteiger partial charge in [0.25, 0.3) is 5.19 Å². The predicted molar refractivity (Wildman–Crippen MR) is 96.0 cm³/mol. The molecule has 0 spiro atoms. The zero-order valence-electron chi connectivity index (χ0n) is 13.2. The minimum absolute atomic E-state index is 0.230. The summed E-state index contributed by atoms with van der Waals surface area (Å²) in [5.41, 5.74) is 0.967. The Labute approximate surface area is 139 Å². The maximum absolute atomic E-state index is 6.09. The third-order valence-corrected chi connectivity index (χ3v) is 10.4. The molecule has 2 aromatic rings. The van der Waals surface area contributed by atoms with E-state index in [1.165, 1.54) is 0 Å². The van der Waals surface area contributed by atoms with Crippen molar-refractivity contribution in [2.75, 3.05) is 13.2 Å². The number of nitrogens with zero attached hydrogens (tertiary/aromatic N) is 1. The van der Waals surface area contributed by atoms with Gasteiger partial charge in [-0.15, -0.1) is 0 Å². The zero-order valence-corrected chi connectivity index (χ0v) is 16.6. The van der Waals surface area contributed by atoms with Gasteiger partial charge in [0, 0.05) is 4.47 Å². The summed E-state index contributed by atoms with van der Waals surface area (Å²) < 4.78 is 14.0. The lowest BCUT2D eigenvalue weighted by molar-refractivity contribution is 0.203. The number of ether oxygens (including phenoxy) is 1. The highest BCUT2D eigenvalue weighted by molar-refractivity contribution is 9.10. The smallest absolute Gasteiger partial charge is 0.274 e. The average molecular weight is 388 g/mol. The fourth-order valence-corrected chi connectivity index (χ4v) is 4.07. The Balaban J connectivity index is 1.90. The molecule has 0 radical (unpaired) electrons. The predicted octanol–water partition coefficient (Wildman–Crippen LogP) is 5.46. The second-order valence-corrected chi connectivity index (χ2v) is 13.2. The van der Waals surface area contributed by atoms with Gasteiger partial charge in [-0.25, -0.2) is 4.98 Å². The number of rotatable bonds is 5. The minimum atomic E-state index is -1.69. The van der Waals surface area contributed by atoms with Gasteiger partial charge in [0.2, 0.25) is 0 Å². The van der Waals surface area contributed by atoms with Crippen molar-refractivity contribution in [1.29, 1.82) is 0 Å². The maximum Gasteiger partial charge on any atom is 0.274 e. The van der Waals surface area contributed by atoms with E-state index in [-0.39, 0.29) is 5.04 Å². The van der Waals surface area contributed by atoms with Gasteiger partial charge < -0.3 is 9.16 Å². The molecule has 2 rings (SSSR count). The largest absolute Gasteiger partial charge is 0.468 e. The molecule has 0 N–H and O–H groups in total. The highest BCUT2D eigenvalue weighted by atomic mass is 79.9. The van der Waals surface area contributed by atoms with Gasteiger partial charge in [-0.1, -0.05) is 38.2 Å². The summed E-state index contributed by atoms with van der Waals surface area (Å²) in [5.74, 6) is 0. The second-order valence-electron chi connectivity index (χ2n) is 6.53. The van der Waals surface area contributed by atoms with Crippen LogP contribution < -0.4 is 4.74 Å². The van der Waals surface area contributed by atoms with Gasteiger partial charge in [0.15, 0.2) is 8.32 Å². The highest BCUT2D eigenvalue weighted by Crippen LogP contribution is 2.36. The lowest BCUT2D eigenvalue weighted by Gasteiger charge is -2.36. The van der Waals surface area contributed by atoms with Crippen LogP contribution in [0.2, 0.25) is 18.1 Å². The van der Waals surface area contributed by atoms with Gasteiger partial charge in [0.1, 0.15) is 6.61 Å². The van der Waals surface area contributed by atoms with Crippen LogP contribution in [-0.2, 0) is 4.43 Å². The van der Waals surface area contributed by atoms with Crippen molar-refractivity contribution in [3.63, 3.8) is 0 Å². The first-order valence-electron chi connectivity index (χ1n) is 7.02. The van der Waals surface area contributed by atoms with E-state index in [0.29, 0.717) is 18.4 Å². The van der Waals surface area contributed by atoms with Crippen LogP contribution in [0.3, 0.4) is 0 Å². The molecule has 0 aliphatic heterocycles. The standard InChI is InChI=1S/C15H22BrNO2SSi/c1-15(2,3)21(4,5)19-10-9-18-14-17-12-8-6-7-11(16)13(12)20-14/h6-8H,9-10H2,1-5H3.